The first-order chi connectivity index (χ1) is 11.7. The summed E-state index contributed by atoms with van der Waals surface area (Å²) in [4.78, 5) is 25.7. The van der Waals surface area contributed by atoms with Crippen molar-refractivity contribution >= 4 is 23.1 Å². The summed E-state index contributed by atoms with van der Waals surface area (Å²) in [6, 6.07) is 4.29. The van der Waals surface area contributed by atoms with Crippen molar-refractivity contribution in [3.63, 3.8) is 0 Å². The Bertz CT molecular complexity index is 739. The maximum atomic E-state index is 14.5. The number of aryl methyl sites for hydroxylation is 1. The molecule has 0 aliphatic carbocycles. The predicted molar refractivity (Wildman–Crippen MR) is 90.6 cm³/mol. The van der Waals surface area contributed by atoms with E-state index in [4.69, 9.17) is 0 Å². The molecule has 2 unspecified atom stereocenters. The lowest BCUT2D eigenvalue weighted by Crippen LogP contribution is -2.70. The van der Waals surface area contributed by atoms with Crippen molar-refractivity contribution in [1.29, 1.82) is 0 Å². The molecule has 2 aromatic rings. The number of nitrogens with zero attached hydrogens (tertiary/aromatic N) is 4. The van der Waals surface area contributed by atoms with Gasteiger partial charge in [0.25, 0.3) is 0 Å². The van der Waals surface area contributed by atoms with Crippen LogP contribution in [0.2, 0.25) is 0 Å². The van der Waals surface area contributed by atoms with Crippen molar-refractivity contribution in [2.75, 3.05) is 18.0 Å². The van der Waals surface area contributed by atoms with Gasteiger partial charge in [-0.3, -0.25) is 4.79 Å². The van der Waals surface area contributed by atoms with Crippen LogP contribution in [0.1, 0.15) is 23.9 Å². The van der Waals surface area contributed by atoms with Gasteiger partial charge in [-0.05, 0) is 24.3 Å². The van der Waals surface area contributed by atoms with Crippen molar-refractivity contribution in [1.82, 2.24) is 14.9 Å². The van der Waals surface area contributed by atoms with Crippen molar-refractivity contribution in [2.45, 2.75) is 38.3 Å². The lowest BCUT2D eigenvalue weighted by molar-refractivity contribution is -0.145. The van der Waals surface area contributed by atoms with E-state index in [0.29, 0.717) is 37.4 Å². The molecule has 5 nitrogen and oxygen atoms in total. The number of carbonyl (C=O) groups is 1. The molecular formula is C17H19FN4OS. The van der Waals surface area contributed by atoms with Crippen LogP contribution in [0.25, 0.3) is 0 Å². The summed E-state index contributed by atoms with van der Waals surface area (Å²) >= 11 is 1.61. The molecule has 1 amide bonds. The maximum absolute atomic E-state index is 14.5. The lowest BCUT2D eigenvalue weighted by atomic mass is 9.87. The molecule has 3 aliphatic rings. The Morgan fingerprint density at radius 3 is 2.83 bits per heavy atom. The minimum absolute atomic E-state index is 0.163. The Hall–Kier alpha value is -2.02. The summed E-state index contributed by atoms with van der Waals surface area (Å²) in [7, 11) is 0. The highest BCUT2D eigenvalue weighted by molar-refractivity contribution is 7.10. The van der Waals surface area contributed by atoms with E-state index in [9.17, 15) is 9.18 Å². The van der Waals surface area contributed by atoms with Crippen LogP contribution in [0.15, 0.2) is 23.8 Å². The Balaban J connectivity index is 1.46. The van der Waals surface area contributed by atoms with E-state index in [1.54, 1.807) is 11.3 Å². The van der Waals surface area contributed by atoms with Gasteiger partial charge in [0.1, 0.15) is 6.33 Å². The number of rotatable bonds is 4. The highest BCUT2D eigenvalue weighted by atomic mass is 32.1. The third-order valence-electron chi connectivity index (χ3n) is 4.86. The quantitative estimate of drug-likeness (QED) is 0.852. The smallest absolute Gasteiger partial charge is 0.228 e. The number of hydrogen-bond donors (Lipinski definition) is 0. The standard InChI is InChI=1S/C17H19FN4OS/c1-2-14-16(18)17(20-10-19-14)21-8-11-6-12(9-21)22(11)15(23)7-13-4-3-5-24-13/h3-5,10-12H,2,6-9H2,1H3. The molecule has 0 spiro atoms. The van der Waals surface area contributed by atoms with E-state index in [1.165, 1.54) is 6.33 Å². The molecule has 3 saturated heterocycles. The van der Waals surface area contributed by atoms with E-state index in [0.717, 1.165) is 11.3 Å². The van der Waals surface area contributed by atoms with Crippen molar-refractivity contribution < 1.29 is 9.18 Å². The molecule has 0 aromatic carbocycles. The van der Waals surface area contributed by atoms with Gasteiger partial charge in [0.15, 0.2) is 11.6 Å². The molecule has 0 radical (unpaired) electrons. The van der Waals surface area contributed by atoms with Crippen LogP contribution in [0, 0.1) is 5.82 Å². The van der Waals surface area contributed by atoms with Crippen LogP contribution in [0.5, 0.6) is 0 Å². The number of halogens is 1. The van der Waals surface area contributed by atoms with E-state index < -0.39 is 0 Å². The first-order valence-corrected chi connectivity index (χ1v) is 9.13. The van der Waals surface area contributed by atoms with E-state index in [-0.39, 0.29) is 23.8 Å². The van der Waals surface area contributed by atoms with Crippen LogP contribution in [-0.4, -0.2) is 45.9 Å². The van der Waals surface area contributed by atoms with Crippen LogP contribution in [0.4, 0.5) is 10.2 Å². The molecule has 3 fully saturated rings. The minimum atomic E-state index is -0.322. The molecule has 2 atom stereocenters. The summed E-state index contributed by atoms with van der Waals surface area (Å²) in [5, 5.41) is 1.99. The predicted octanol–water partition coefficient (Wildman–Crippen LogP) is 2.27. The summed E-state index contributed by atoms with van der Waals surface area (Å²) in [6.45, 7) is 3.17. The number of piperazine rings is 1. The second-order valence-electron chi connectivity index (χ2n) is 6.32. The monoisotopic (exact) mass is 346 g/mol. The molecule has 2 bridgehead atoms. The number of hydrogen-bond acceptors (Lipinski definition) is 5. The van der Waals surface area contributed by atoms with Gasteiger partial charge in [-0.1, -0.05) is 13.0 Å². The fraction of sp³-hybridized carbons (Fsp3) is 0.471. The number of carbonyl (C=O) groups excluding carboxylic acids is 1. The van der Waals surface area contributed by atoms with Crippen molar-refractivity contribution in [3.05, 3.63) is 40.2 Å². The molecule has 7 heteroatoms. The number of thiophene rings is 1. The summed E-state index contributed by atoms with van der Waals surface area (Å²) < 4.78 is 14.5. The van der Waals surface area contributed by atoms with Crippen molar-refractivity contribution in [3.8, 4) is 0 Å². The first kappa shape index (κ1) is 15.5. The number of amides is 1. The molecule has 3 aliphatic heterocycles. The Kier molecular flexibility index (Phi) is 3.96. The van der Waals surface area contributed by atoms with Crippen LogP contribution in [0.3, 0.4) is 0 Å². The number of anilines is 1. The molecule has 0 saturated carbocycles. The largest absolute Gasteiger partial charge is 0.350 e. The third-order valence-corrected chi connectivity index (χ3v) is 5.74. The van der Waals surface area contributed by atoms with Gasteiger partial charge in [0, 0.05) is 18.0 Å². The molecule has 5 heterocycles. The van der Waals surface area contributed by atoms with E-state index in [1.807, 2.05) is 34.2 Å². The van der Waals surface area contributed by atoms with Gasteiger partial charge in [-0.15, -0.1) is 11.3 Å². The first-order valence-electron chi connectivity index (χ1n) is 8.25. The summed E-state index contributed by atoms with van der Waals surface area (Å²) in [6.07, 6.45) is 3.44. The second kappa shape index (κ2) is 6.12. The molecule has 0 N–H and O–H groups in total. The highest BCUT2D eigenvalue weighted by Gasteiger charge is 2.47. The molecule has 5 rings (SSSR count). The maximum Gasteiger partial charge on any atom is 0.228 e. The van der Waals surface area contributed by atoms with Gasteiger partial charge in [-0.2, -0.15) is 0 Å². The fourth-order valence-corrected chi connectivity index (χ4v) is 4.40. The van der Waals surface area contributed by atoms with Crippen LogP contribution >= 0.6 is 11.3 Å². The number of fused-ring (bicyclic) bond motifs is 2. The topological polar surface area (TPSA) is 49.3 Å². The molecule has 2 aromatic heterocycles. The fourth-order valence-electron chi connectivity index (χ4n) is 3.71. The summed E-state index contributed by atoms with van der Waals surface area (Å²) in [5.41, 5.74) is 0.449. The van der Waals surface area contributed by atoms with Gasteiger partial charge in [0.05, 0.1) is 24.2 Å². The zero-order valence-electron chi connectivity index (χ0n) is 13.5. The average molecular weight is 346 g/mol. The zero-order valence-corrected chi connectivity index (χ0v) is 14.3. The third kappa shape index (κ3) is 2.56. The molecule has 126 valence electrons. The van der Waals surface area contributed by atoms with Crippen molar-refractivity contribution in [2.24, 2.45) is 0 Å². The van der Waals surface area contributed by atoms with E-state index in [2.05, 4.69) is 9.97 Å². The lowest BCUT2D eigenvalue weighted by Gasteiger charge is -2.56. The van der Waals surface area contributed by atoms with Gasteiger partial charge in [-0.25, -0.2) is 14.4 Å². The minimum Gasteiger partial charge on any atom is -0.350 e. The Labute approximate surface area is 144 Å². The molecular weight excluding hydrogens is 327 g/mol. The Morgan fingerprint density at radius 1 is 1.38 bits per heavy atom. The van der Waals surface area contributed by atoms with Crippen LogP contribution < -0.4 is 4.90 Å². The average Bonchev–Trinajstić information content (AvgIpc) is 3.07. The zero-order chi connectivity index (χ0) is 16.7. The van der Waals surface area contributed by atoms with E-state index >= 15 is 0 Å². The number of piperidine rings is 1. The molecule has 24 heavy (non-hydrogen) atoms. The van der Waals surface area contributed by atoms with Gasteiger partial charge >= 0.3 is 0 Å². The second-order valence-corrected chi connectivity index (χ2v) is 7.35. The van der Waals surface area contributed by atoms with Gasteiger partial charge in [0.2, 0.25) is 5.91 Å². The Morgan fingerprint density at radius 2 is 2.17 bits per heavy atom. The summed E-state index contributed by atoms with van der Waals surface area (Å²) in [5.74, 6) is 0.232. The van der Waals surface area contributed by atoms with Gasteiger partial charge < -0.3 is 9.80 Å². The normalized spacial score (nSPS) is 22.4. The number of aromatic nitrogens is 2. The highest BCUT2D eigenvalue weighted by Crippen LogP contribution is 2.35. The van der Waals surface area contributed by atoms with Crippen LogP contribution in [-0.2, 0) is 17.6 Å². The SMILES string of the molecule is CCc1ncnc(N2CC3CC(C2)N3C(=O)Cc2cccs2)c1F.